The predicted molar refractivity (Wildman–Crippen MR) is 45.3 cm³/mol. The second-order valence-electron chi connectivity index (χ2n) is 1.33. The number of halogens is 2. The summed E-state index contributed by atoms with van der Waals surface area (Å²) in [4.78, 5) is 0. The van der Waals surface area contributed by atoms with E-state index in [-0.39, 0.29) is 0 Å². The Morgan fingerprint density at radius 3 is 2.44 bits per heavy atom. The Hall–Kier alpha value is -0.210. The van der Waals surface area contributed by atoms with Crippen molar-refractivity contribution in [1.29, 1.82) is 0 Å². The summed E-state index contributed by atoms with van der Waals surface area (Å²) in [6, 6.07) is 0. The Labute approximate surface area is 68.0 Å². The molecule has 0 atom stereocenters. The average Bonchev–Trinajstić information content (AvgIpc) is 1.83. The van der Waals surface area contributed by atoms with Gasteiger partial charge in [0.2, 0.25) is 0 Å². The first kappa shape index (κ1) is 8.79. The zero-order chi connectivity index (χ0) is 7.28. The molecule has 0 radical (unpaired) electrons. The van der Waals surface area contributed by atoms with Crippen LogP contribution < -0.4 is 5.73 Å². The molecule has 0 aromatic carbocycles. The monoisotopic (exact) mass is 207 g/mol. The van der Waals surface area contributed by atoms with Gasteiger partial charge in [-0.1, -0.05) is 18.2 Å². The van der Waals surface area contributed by atoms with Gasteiger partial charge >= 0.3 is 0 Å². The van der Waals surface area contributed by atoms with Crippen molar-refractivity contribution in [2.24, 2.45) is 5.73 Å². The van der Waals surface area contributed by atoms with Crippen molar-refractivity contribution >= 4 is 27.5 Å². The lowest BCUT2D eigenvalue weighted by Crippen LogP contribution is -1.76. The molecule has 0 unspecified atom stereocenters. The van der Waals surface area contributed by atoms with E-state index in [1.54, 1.807) is 12.2 Å². The van der Waals surface area contributed by atoms with Crippen LogP contribution in [0.3, 0.4) is 0 Å². The average molecular weight is 208 g/mol. The molecule has 3 heteroatoms. The summed E-state index contributed by atoms with van der Waals surface area (Å²) in [5.74, 6) is 0. The van der Waals surface area contributed by atoms with Gasteiger partial charge in [0, 0.05) is 15.7 Å². The van der Waals surface area contributed by atoms with Gasteiger partial charge in [-0.25, -0.2) is 0 Å². The Bertz CT molecular complexity index is 160. The molecule has 50 valence electrons. The van der Waals surface area contributed by atoms with Crippen LogP contribution in [0.4, 0.5) is 0 Å². The highest BCUT2D eigenvalue weighted by molar-refractivity contribution is 9.11. The Morgan fingerprint density at radius 1 is 1.56 bits per heavy atom. The van der Waals surface area contributed by atoms with Crippen LogP contribution in [0.2, 0.25) is 0 Å². The molecule has 0 saturated carbocycles. The molecule has 0 bridgehead atoms. The molecule has 0 rings (SSSR count). The molecule has 0 aromatic rings. The van der Waals surface area contributed by atoms with Crippen LogP contribution in [-0.4, -0.2) is 0 Å². The highest BCUT2D eigenvalue weighted by atomic mass is 79.9. The van der Waals surface area contributed by atoms with Gasteiger partial charge in [0.1, 0.15) is 0 Å². The van der Waals surface area contributed by atoms with Gasteiger partial charge in [-0.15, -0.1) is 0 Å². The third kappa shape index (κ3) is 5.66. The Balaban J connectivity index is 3.86. The summed E-state index contributed by atoms with van der Waals surface area (Å²) in [6.45, 7) is 3.45. The second-order valence-corrected chi connectivity index (χ2v) is 2.73. The molecule has 0 heterocycles. The highest BCUT2D eigenvalue weighted by Gasteiger charge is 1.79. The number of rotatable bonds is 2. The molecule has 0 aliphatic rings. The predicted octanol–water partition coefficient (Wildman–Crippen LogP) is 2.49. The van der Waals surface area contributed by atoms with Crippen LogP contribution in [0.1, 0.15) is 0 Å². The zero-order valence-corrected chi connectivity index (χ0v) is 7.11. The van der Waals surface area contributed by atoms with Crippen LogP contribution in [-0.2, 0) is 0 Å². The minimum absolute atomic E-state index is 0.480. The number of hydrogen-bond acceptors (Lipinski definition) is 1. The van der Waals surface area contributed by atoms with Crippen molar-refractivity contribution in [3.8, 4) is 0 Å². The SMILES string of the molecule is C=C(Cl)/C=C\C(Br)=C/N. The van der Waals surface area contributed by atoms with E-state index in [2.05, 4.69) is 22.5 Å². The van der Waals surface area contributed by atoms with Crippen molar-refractivity contribution in [1.82, 2.24) is 0 Å². The maximum atomic E-state index is 5.41. The maximum absolute atomic E-state index is 5.41. The summed E-state index contributed by atoms with van der Waals surface area (Å²) < 4.78 is 0.782. The fourth-order valence-electron chi connectivity index (χ4n) is 0.226. The van der Waals surface area contributed by atoms with Gasteiger partial charge in [-0.05, 0) is 28.1 Å². The van der Waals surface area contributed by atoms with Crippen molar-refractivity contribution in [2.45, 2.75) is 0 Å². The molecule has 0 aliphatic carbocycles. The first-order valence-corrected chi connectivity index (χ1v) is 3.44. The largest absolute Gasteiger partial charge is 0.404 e. The fourth-order valence-corrected chi connectivity index (χ4v) is 0.421. The normalized spacial score (nSPS) is 12.4. The standard InChI is InChI=1S/C6H7BrClN/c1-5(8)2-3-6(7)4-9/h2-4H,1,9H2/b3-2-,6-4+. The third-order valence-corrected chi connectivity index (χ3v) is 1.24. The molecule has 0 aliphatic heterocycles. The van der Waals surface area contributed by atoms with E-state index < -0.39 is 0 Å². The second kappa shape index (κ2) is 4.65. The third-order valence-electron chi connectivity index (χ3n) is 0.583. The van der Waals surface area contributed by atoms with Gasteiger partial charge in [0.05, 0.1) is 0 Å². The van der Waals surface area contributed by atoms with E-state index in [1.807, 2.05) is 0 Å². The van der Waals surface area contributed by atoms with Crippen molar-refractivity contribution < 1.29 is 0 Å². The van der Waals surface area contributed by atoms with Gasteiger partial charge in [-0.3, -0.25) is 0 Å². The summed E-state index contributed by atoms with van der Waals surface area (Å²) >= 11 is 8.56. The van der Waals surface area contributed by atoms with E-state index in [4.69, 9.17) is 17.3 Å². The summed E-state index contributed by atoms with van der Waals surface area (Å²) in [7, 11) is 0. The van der Waals surface area contributed by atoms with E-state index in [9.17, 15) is 0 Å². The Morgan fingerprint density at radius 2 is 2.11 bits per heavy atom. The topological polar surface area (TPSA) is 26.0 Å². The lowest BCUT2D eigenvalue weighted by atomic mass is 10.5. The Kier molecular flexibility index (Phi) is 4.54. The molecular formula is C6H7BrClN. The number of hydrogen-bond donors (Lipinski definition) is 1. The minimum Gasteiger partial charge on any atom is -0.404 e. The molecule has 0 fully saturated rings. The molecular weight excluding hydrogens is 201 g/mol. The minimum atomic E-state index is 0.480. The first-order chi connectivity index (χ1) is 4.16. The summed E-state index contributed by atoms with van der Waals surface area (Å²) in [5.41, 5.74) is 5.13. The molecule has 0 aromatic heterocycles. The van der Waals surface area contributed by atoms with E-state index in [0.29, 0.717) is 5.03 Å². The fraction of sp³-hybridized carbons (Fsp3) is 0. The van der Waals surface area contributed by atoms with Crippen LogP contribution in [0.25, 0.3) is 0 Å². The van der Waals surface area contributed by atoms with Crippen molar-refractivity contribution in [3.05, 3.63) is 34.4 Å². The summed E-state index contributed by atoms with van der Waals surface area (Å²) in [6.07, 6.45) is 4.79. The molecule has 0 amide bonds. The molecule has 1 nitrogen and oxygen atoms in total. The molecule has 0 saturated heterocycles. The van der Waals surface area contributed by atoms with Crippen LogP contribution in [0.5, 0.6) is 0 Å². The van der Waals surface area contributed by atoms with E-state index in [1.165, 1.54) is 6.20 Å². The van der Waals surface area contributed by atoms with Crippen molar-refractivity contribution in [2.75, 3.05) is 0 Å². The lowest BCUT2D eigenvalue weighted by molar-refractivity contribution is 1.59. The van der Waals surface area contributed by atoms with Crippen LogP contribution in [0, 0.1) is 0 Å². The van der Waals surface area contributed by atoms with E-state index >= 15 is 0 Å². The van der Waals surface area contributed by atoms with Crippen molar-refractivity contribution in [3.63, 3.8) is 0 Å². The quantitative estimate of drug-likeness (QED) is 0.693. The van der Waals surface area contributed by atoms with Gasteiger partial charge in [0.25, 0.3) is 0 Å². The lowest BCUT2D eigenvalue weighted by Gasteiger charge is -1.83. The molecule has 9 heavy (non-hydrogen) atoms. The highest BCUT2D eigenvalue weighted by Crippen LogP contribution is 2.07. The smallest absolute Gasteiger partial charge is 0.0334 e. The maximum Gasteiger partial charge on any atom is 0.0334 e. The number of allylic oxidation sites excluding steroid dienone is 4. The molecule has 0 spiro atoms. The van der Waals surface area contributed by atoms with E-state index in [0.717, 1.165) is 4.48 Å². The molecule has 2 N–H and O–H groups in total. The van der Waals surface area contributed by atoms with Gasteiger partial charge < -0.3 is 5.73 Å². The summed E-state index contributed by atoms with van der Waals surface area (Å²) in [5, 5.41) is 0.480. The van der Waals surface area contributed by atoms with Gasteiger partial charge in [-0.2, -0.15) is 0 Å². The van der Waals surface area contributed by atoms with Crippen LogP contribution in [0.15, 0.2) is 34.4 Å². The van der Waals surface area contributed by atoms with Crippen LogP contribution >= 0.6 is 27.5 Å². The zero-order valence-electron chi connectivity index (χ0n) is 4.77. The number of nitrogens with two attached hydrogens (primary N) is 1. The first-order valence-electron chi connectivity index (χ1n) is 2.26. The van der Waals surface area contributed by atoms with Gasteiger partial charge in [0.15, 0.2) is 0 Å².